The number of unbranched alkanes of at least 4 members (excludes halogenated alkanes) is 6. The van der Waals surface area contributed by atoms with Gasteiger partial charge in [0.1, 0.15) is 0 Å². The molecule has 0 aromatic heterocycles. The van der Waals surface area contributed by atoms with Gasteiger partial charge in [-0.3, -0.25) is 14.5 Å². The van der Waals surface area contributed by atoms with Gasteiger partial charge in [0.25, 0.3) is 0 Å². The lowest BCUT2D eigenvalue weighted by Crippen LogP contribution is -2.42. The Kier molecular flexibility index (Phi) is 14.2. The van der Waals surface area contributed by atoms with Crippen molar-refractivity contribution in [3.05, 3.63) is 12.4 Å². The topological polar surface area (TPSA) is 79.4 Å². The van der Waals surface area contributed by atoms with Crippen LogP contribution in [0.1, 0.15) is 78.1 Å². The van der Waals surface area contributed by atoms with E-state index in [1.807, 2.05) is 43.1 Å². The van der Waals surface area contributed by atoms with Crippen molar-refractivity contribution in [3.63, 3.8) is 0 Å². The molecule has 0 spiro atoms. The zero-order valence-electron chi connectivity index (χ0n) is 19.6. The Morgan fingerprint density at radius 3 is 1.68 bits per heavy atom. The Hall–Kier alpha value is -2.25. The lowest BCUT2D eigenvalue weighted by Gasteiger charge is -2.27. The SMILES string of the molecule is CCOC(=O)CCCCCCN(CCCCCCC(=O)OCC)C(=O)N1C=CN(C)C1. The largest absolute Gasteiger partial charge is 0.466 e. The fourth-order valence-corrected chi connectivity index (χ4v) is 3.46. The fourth-order valence-electron chi connectivity index (χ4n) is 3.46. The van der Waals surface area contributed by atoms with Gasteiger partial charge < -0.3 is 19.3 Å². The van der Waals surface area contributed by atoms with E-state index in [1.54, 1.807) is 4.90 Å². The predicted octanol–water partition coefficient (Wildman–Crippen LogP) is 4.11. The smallest absolute Gasteiger partial charge is 0.325 e. The Bertz CT molecular complexity index is 537. The van der Waals surface area contributed by atoms with E-state index in [0.717, 1.165) is 64.5 Å². The summed E-state index contributed by atoms with van der Waals surface area (Å²) in [6.45, 7) is 6.50. The van der Waals surface area contributed by atoms with Crippen LogP contribution in [0.15, 0.2) is 12.4 Å². The summed E-state index contributed by atoms with van der Waals surface area (Å²) in [5.74, 6) is -0.264. The van der Waals surface area contributed by atoms with E-state index in [2.05, 4.69) is 0 Å². The molecule has 0 atom stereocenters. The number of hydrogen-bond donors (Lipinski definition) is 0. The normalized spacial score (nSPS) is 12.9. The highest BCUT2D eigenvalue weighted by Gasteiger charge is 2.22. The van der Waals surface area contributed by atoms with Crippen molar-refractivity contribution in [1.29, 1.82) is 0 Å². The lowest BCUT2D eigenvalue weighted by molar-refractivity contribution is -0.144. The summed E-state index contributed by atoms with van der Waals surface area (Å²) in [7, 11) is 1.95. The van der Waals surface area contributed by atoms with Gasteiger partial charge in [0, 0.05) is 45.4 Å². The van der Waals surface area contributed by atoms with Crippen LogP contribution >= 0.6 is 0 Å². The van der Waals surface area contributed by atoms with Crippen molar-refractivity contribution in [2.45, 2.75) is 78.1 Å². The first-order valence-corrected chi connectivity index (χ1v) is 11.7. The van der Waals surface area contributed by atoms with Crippen molar-refractivity contribution in [2.24, 2.45) is 0 Å². The Balaban J connectivity index is 2.31. The number of amides is 2. The first kappa shape index (κ1) is 26.8. The van der Waals surface area contributed by atoms with Crippen molar-refractivity contribution >= 4 is 18.0 Å². The molecule has 0 bridgehead atoms. The molecular formula is C23H41N3O5. The van der Waals surface area contributed by atoms with Gasteiger partial charge in [-0.2, -0.15) is 0 Å². The van der Waals surface area contributed by atoms with Gasteiger partial charge in [-0.25, -0.2) is 4.79 Å². The van der Waals surface area contributed by atoms with E-state index in [9.17, 15) is 14.4 Å². The molecule has 178 valence electrons. The molecule has 1 heterocycles. The molecule has 0 aromatic rings. The molecule has 0 fully saturated rings. The average molecular weight is 440 g/mol. The van der Waals surface area contributed by atoms with Gasteiger partial charge >= 0.3 is 18.0 Å². The average Bonchev–Trinajstić information content (AvgIpc) is 3.17. The minimum Gasteiger partial charge on any atom is -0.466 e. The quantitative estimate of drug-likeness (QED) is 0.266. The molecule has 1 rings (SSSR count). The van der Waals surface area contributed by atoms with Crippen molar-refractivity contribution in [3.8, 4) is 0 Å². The highest BCUT2D eigenvalue weighted by atomic mass is 16.5. The molecule has 8 nitrogen and oxygen atoms in total. The number of carbonyl (C=O) groups is 3. The van der Waals surface area contributed by atoms with Crippen LogP contribution in [0.3, 0.4) is 0 Å². The van der Waals surface area contributed by atoms with Crippen LogP contribution in [-0.2, 0) is 19.1 Å². The van der Waals surface area contributed by atoms with E-state index in [-0.39, 0.29) is 18.0 Å². The summed E-state index contributed by atoms with van der Waals surface area (Å²) in [4.78, 5) is 41.3. The van der Waals surface area contributed by atoms with Crippen LogP contribution in [0.5, 0.6) is 0 Å². The van der Waals surface area contributed by atoms with Crippen LogP contribution in [0.4, 0.5) is 4.79 Å². The molecule has 0 N–H and O–H groups in total. The zero-order valence-corrected chi connectivity index (χ0v) is 19.6. The summed E-state index contributed by atoms with van der Waals surface area (Å²) in [6, 6.07) is 0.0404. The first-order chi connectivity index (χ1) is 15.0. The number of nitrogens with zero attached hydrogens (tertiary/aromatic N) is 3. The molecule has 0 radical (unpaired) electrons. The minimum atomic E-state index is -0.132. The maximum atomic E-state index is 12.9. The third-order valence-corrected chi connectivity index (χ3v) is 5.12. The second-order valence-corrected chi connectivity index (χ2v) is 7.87. The fraction of sp³-hybridized carbons (Fsp3) is 0.783. The maximum Gasteiger partial charge on any atom is 0.325 e. The molecule has 31 heavy (non-hydrogen) atoms. The van der Waals surface area contributed by atoms with Gasteiger partial charge in [0.05, 0.1) is 19.9 Å². The van der Waals surface area contributed by atoms with Crippen LogP contribution in [0.2, 0.25) is 0 Å². The van der Waals surface area contributed by atoms with Crippen LogP contribution in [0, 0.1) is 0 Å². The summed E-state index contributed by atoms with van der Waals surface area (Å²) >= 11 is 0. The molecule has 0 unspecified atom stereocenters. The van der Waals surface area contributed by atoms with Gasteiger partial charge in [-0.15, -0.1) is 0 Å². The van der Waals surface area contributed by atoms with Crippen molar-refractivity contribution in [2.75, 3.05) is 40.0 Å². The van der Waals surface area contributed by atoms with E-state index in [1.165, 1.54) is 0 Å². The van der Waals surface area contributed by atoms with Crippen LogP contribution in [0.25, 0.3) is 0 Å². The highest BCUT2D eigenvalue weighted by Crippen LogP contribution is 2.13. The summed E-state index contributed by atoms with van der Waals surface area (Å²) in [5, 5.41) is 0. The van der Waals surface area contributed by atoms with E-state index in [0.29, 0.717) is 32.7 Å². The highest BCUT2D eigenvalue weighted by molar-refractivity contribution is 5.75. The minimum absolute atomic E-state index is 0.0404. The molecule has 8 heteroatoms. The predicted molar refractivity (Wildman–Crippen MR) is 120 cm³/mol. The third-order valence-electron chi connectivity index (χ3n) is 5.12. The Morgan fingerprint density at radius 2 is 1.26 bits per heavy atom. The van der Waals surface area contributed by atoms with Crippen molar-refractivity contribution in [1.82, 2.24) is 14.7 Å². The molecule has 0 saturated carbocycles. The number of esters is 2. The van der Waals surface area contributed by atoms with E-state index >= 15 is 0 Å². The summed E-state index contributed by atoms with van der Waals surface area (Å²) in [6.07, 6.45) is 12.0. The zero-order chi connectivity index (χ0) is 22.9. The summed E-state index contributed by atoms with van der Waals surface area (Å²) < 4.78 is 9.90. The second-order valence-electron chi connectivity index (χ2n) is 7.87. The van der Waals surface area contributed by atoms with Crippen molar-refractivity contribution < 1.29 is 23.9 Å². The van der Waals surface area contributed by atoms with Gasteiger partial charge in [0.2, 0.25) is 0 Å². The molecule has 1 aliphatic rings. The molecule has 0 aliphatic carbocycles. The standard InChI is InChI=1S/C23H41N3O5/c1-4-30-21(27)14-10-6-8-12-16-25(23(29)26-19-18-24(3)20-26)17-13-9-7-11-15-22(28)31-5-2/h18-19H,4-17,20H2,1-3H3. The number of carbonyl (C=O) groups excluding carboxylic acids is 3. The molecule has 1 aliphatic heterocycles. The number of ether oxygens (including phenoxy) is 2. The van der Waals surface area contributed by atoms with E-state index in [4.69, 9.17) is 9.47 Å². The lowest BCUT2D eigenvalue weighted by atomic mass is 10.1. The maximum absolute atomic E-state index is 12.9. The number of urea groups is 1. The molecule has 0 saturated heterocycles. The monoisotopic (exact) mass is 439 g/mol. The van der Waals surface area contributed by atoms with Gasteiger partial charge in [-0.1, -0.05) is 25.7 Å². The van der Waals surface area contributed by atoms with E-state index < -0.39 is 0 Å². The number of rotatable bonds is 16. The first-order valence-electron chi connectivity index (χ1n) is 11.7. The van der Waals surface area contributed by atoms with Gasteiger partial charge in [-0.05, 0) is 39.5 Å². The van der Waals surface area contributed by atoms with Crippen LogP contribution in [-0.4, -0.2) is 72.7 Å². The van der Waals surface area contributed by atoms with Crippen LogP contribution < -0.4 is 0 Å². The third kappa shape index (κ3) is 12.3. The molecule has 0 aromatic carbocycles. The Morgan fingerprint density at radius 1 is 0.774 bits per heavy atom. The van der Waals surface area contributed by atoms with Gasteiger partial charge in [0.15, 0.2) is 0 Å². The number of hydrogen-bond acceptors (Lipinski definition) is 6. The molecule has 2 amide bonds. The molecular weight excluding hydrogens is 398 g/mol. The summed E-state index contributed by atoms with van der Waals surface area (Å²) in [5.41, 5.74) is 0. The second kappa shape index (κ2) is 16.4. The Labute approximate surface area is 187 Å².